The number of alkyl carbamates (subject to hydrolysis) is 1. The molecule has 0 bridgehead atoms. The fourth-order valence-corrected chi connectivity index (χ4v) is 3.12. The lowest BCUT2D eigenvalue weighted by Crippen LogP contribution is -2.29. The van der Waals surface area contributed by atoms with Gasteiger partial charge in [-0.1, -0.05) is 18.1 Å². The molecule has 2 rings (SSSR count). The lowest BCUT2D eigenvalue weighted by Gasteiger charge is -2.08. The zero-order valence-corrected chi connectivity index (χ0v) is 15.0. The molecule has 8 nitrogen and oxygen atoms in total. The number of amides is 1. The maximum atomic E-state index is 11.7. The summed E-state index contributed by atoms with van der Waals surface area (Å²) in [7, 11) is 1.20. The van der Waals surface area contributed by atoms with E-state index in [1.807, 2.05) is 0 Å². The average molecular weight is 367 g/mol. The molecule has 144 valence electrons. The molecule has 0 heterocycles. The first-order valence-electron chi connectivity index (χ1n) is 8.62. The third-order valence-electron chi connectivity index (χ3n) is 4.37. The van der Waals surface area contributed by atoms with Crippen LogP contribution in [0.25, 0.3) is 0 Å². The van der Waals surface area contributed by atoms with Gasteiger partial charge in [0.25, 0.3) is 0 Å². The van der Waals surface area contributed by atoms with E-state index < -0.39 is 12.2 Å². The molecule has 0 saturated heterocycles. The first kappa shape index (κ1) is 20.1. The van der Waals surface area contributed by atoms with Gasteiger partial charge >= 0.3 is 12.2 Å². The van der Waals surface area contributed by atoms with E-state index in [0.29, 0.717) is 30.9 Å². The molecule has 0 aromatic heterocycles. The highest BCUT2D eigenvalue weighted by Gasteiger charge is 2.51. The van der Waals surface area contributed by atoms with E-state index in [4.69, 9.17) is 9.47 Å². The van der Waals surface area contributed by atoms with E-state index in [9.17, 15) is 9.59 Å². The molecule has 26 heavy (non-hydrogen) atoms. The smallest absolute Gasteiger partial charge is 0.449 e. The van der Waals surface area contributed by atoms with E-state index in [1.165, 1.54) is 7.11 Å². The number of hydrogen-bond donors (Lipinski definition) is 1. The van der Waals surface area contributed by atoms with Crippen LogP contribution in [-0.4, -0.2) is 52.3 Å². The summed E-state index contributed by atoms with van der Waals surface area (Å²) in [5.74, 6) is 7.58. The van der Waals surface area contributed by atoms with Gasteiger partial charge in [0.05, 0.1) is 26.9 Å². The second-order valence-corrected chi connectivity index (χ2v) is 6.07. The lowest BCUT2D eigenvalue weighted by atomic mass is 10.0. The molecular weight excluding hydrogens is 342 g/mol. The Morgan fingerprint density at radius 3 is 2.88 bits per heavy atom. The number of nitrogens with one attached hydrogen (secondary N) is 1. The number of rotatable bonds is 9. The van der Waals surface area contributed by atoms with Gasteiger partial charge < -0.3 is 19.5 Å². The first-order chi connectivity index (χ1) is 12.6. The summed E-state index contributed by atoms with van der Waals surface area (Å²) in [4.78, 5) is 30.7. The van der Waals surface area contributed by atoms with Crippen molar-refractivity contribution in [3.8, 4) is 11.8 Å². The van der Waals surface area contributed by atoms with Crippen molar-refractivity contribution in [2.45, 2.75) is 19.3 Å². The maximum absolute atomic E-state index is 11.7. The summed E-state index contributed by atoms with van der Waals surface area (Å²) in [5, 5.41) is 2.62. The number of hydrogen-bond acceptors (Lipinski definition) is 7. The van der Waals surface area contributed by atoms with Gasteiger partial charge in [-0.05, 0) is 18.3 Å². The highest BCUT2D eigenvalue weighted by molar-refractivity contribution is 5.67. The van der Waals surface area contributed by atoms with Crippen molar-refractivity contribution in [3.63, 3.8) is 0 Å². The summed E-state index contributed by atoms with van der Waals surface area (Å²) in [6, 6.07) is 0. The fourth-order valence-electron chi connectivity index (χ4n) is 3.12. The van der Waals surface area contributed by atoms with E-state index in [-0.39, 0.29) is 19.8 Å². The van der Waals surface area contributed by atoms with E-state index in [0.717, 1.165) is 24.8 Å². The average Bonchev–Trinajstić information content (AvgIpc) is 3.29. The Kier molecular flexibility index (Phi) is 8.25. The van der Waals surface area contributed by atoms with Crippen LogP contribution in [0, 0.1) is 29.6 Å². The van der Waals surface area contributed by atoms with Crippen LogP contribution in [0.2, 0.25) is 0 Å². The molecular formula is C18H25NO7. The van der Waals surface area contributed by atoms with E-state index in [2.05, 4.69) is 38.2 Å². The highest BCUT2D eigenvalue weighted by atomic mass is 17.2. The van der Waals surface area contributed by atoms with E-state index in [1.54, 1.807) is 0 Å². The molecule has 0 aromatic rings. The van der Waals surface area contributed by atoms with Crippen LogP contribution in [0.3, 0.4) is 0 Å². The SMILES string of the molecule is C=C1CC#CCCC2C1[C@@H]2COC(=O)NCCOCCOC(=O)OOC. The minimum atomic E-state index is -0.931. The zero-order chi connectivity index (χ0) is 18.8. The van der Waals surface area contributed by atoms with Gasteiger partial charge in [-0.25, -0.2) is 9.59 Å². The molecule has 1 fully saturated rings. The molecule has 1 amide bonds. The summed E-state index contributed by atoms with van der Waals surface area (Å²) >= 11 is 0. The Labute approximate surface area is 153 Å². The molecule has 2 aliphatic carbocycles. The molecule has 1 N–H and O–H groups in total. The molecule has 3 atom stereocenters. The van der Waals surface area contributed by atoms with Gasteiger partial charge in [-0.15, -0.1) is 5.92 Å². The first-order valence-corrected chi connectivity index (χ1v) is 8.62. The van der Waals surface area contributed by atoms with E-state index >= 15 is 0 Å². The van der Waals surface area contributed by atoms with Crippen molar-refractivity contribution < 1.29 is 33.6 Å². The third-order valence-corrected chi connectivity index (χ3v) is 4.37. The summed E-state index contributed by atoms with van der Waals surface area (Å²) in [6.45, 7) is 5.30. The van der Waals surface area contributed by atoms with Gasteiger partial charge in [0.15, 0.2) is 0 Å². The quantitative estimate of drug-likeness (QED) is 0.166. The largest absolute Gasteiger partial charge is 0.540 e. The number of fused-ring (bicyclic) bond motifs is 1. The molecule has 1 saturated carbocycles. The number of ether oxygens (including phenoxy) is 3. The van der Waals surface area contributed by atoms with Crippen molar-refractivity contribution in [2.24, 2.45) is 17.8 Å². The topological polar surface area (TPSA) is 92.3 Å². The molecule has 0 radical (unpaired) electrons. The van der Waals surface area contributed by atoms with Gasteiger partial charge in [0.2, 0.25) is 0 Å². The van der Waals surface area contributed by atoms with Gasteiger partial charge in [0, 0.05) is 25.3 Å². The van der Waals surface area contributed by atoms with Crippen LogP contribution in [0.15, 0.2) is 12.2 Å². The minimum Gasteiger partial charge on any atom is -0.449 e. The molecule has 2 unspecified atom stereocenters. The van der Waals surface area contributed by atoms with Crippen molar-refractivity contribution in [2.75, 3.05) is 40.1 Å². The van der Waals surface area contributed by atoms with Crippen LogP contribution in [-0.2, 0) is 24.0 Å². The normalized spacial score (nSPS) is 23.4. The standard InChI is InChI=1S/C18H25NO7/c1-13-6-4-3-5-7-14-15(16(13)14)12-25-17(20)19-8-9-23-10-11-24-18(21)26-22-2/h14-16H,1,5-12H2,2H3,(H,19,20)/t14?,15-,16?/m1/s1. The summed E-state index contributed by atoms with van der Waals surface area (Å²) in [6.07, 6.45) is 1.30. The highest BCUT2D eigenvalue weighted by Crippen LogP contribution is 2.54. The predicted octanol–water partition coefficient (Wildman–Crippen LogP) is 2.05. The Morgan fingerprint density at radius 1 is 1.23 bits per heavy atom. The Balaban J connectivity index is 1.47. The monoisotopic (exact) mass is 367 g/mol. The fraction of sp³-hybridized carbons (Fsp3) is 0.667. The molecule has 0 aromatic carbocycles. The molecule has 8 heteroatoms. The number of carbonyl (C=O) groups is 2. The zero-order valence-electron chi connectivity index (χ0n) is 15.0. The van der Waals surface area contributed by atoms with Crippen molar-refractivity contribution in [1.82, 2.24) is 5.32 Å². The Morgan fingerprint density at radius 2 is 2.08 bits per heavy atom. The van der Waals surface area contributed by atoms with Crippen LogP contribution in [0.1, 0.15) is 19.3 Å². The van der Waals surface area contributed by atoms with Gasteiger partial charge in [-0.2, -0.15) is 4.89 Å². The second kappa shape index (κ2) is 10.7. The number of allylic oxidation sites excluding steroid dienone is 1. The minimum absolute atomic E-state index is 0.0324. The third kappa shape index (κ3) is 6.58. The maximum Gasteiger partial charge on any atom is 0.540 e. The Bertz CT molecular complexity index is 566. The van der Waals surface area contributed by atoms with Crippen LogP contribution in [0.5, 0.6) is 0 Å². The molecule has 2 aliphatic rings. The van der Waals surface area contributed by atoms with Gasteiger partial charge in [0.1, 0.15) is 6.61 Å². The lowest BCUT2D eigenvalue weighted by molar-refractivity contribution is -0.232. The molecule has 0 spiro atoms. The Hall–Kier alpha value is -2.24. The van der Waals surface area contributed by atoms with Crippen molar-refractivity contribution in [3.05, 3.63) is 12.2 Å². The predicted molar refractivity (Wildman–Crippen MR) is 90.8 cm³/mol. The van der Waals surface area contributed by atoms with Crippen molar-refractivity contribution in [1.29, 1.82) is 0 Å². The second-order valence-electron chi connectivity index (χ2n) is 6.07. The molecule has 0 aliphatic heterocycles. The summed E-state index contributed by atoms with van der Waals surface area (Å²) in [5.41, 5.74) is 1.15. The van der Waals surface area contributed by atoms with Crippen LogP contribution in [0.4, 0.5) is 9.59 Å². The summed E-state index contributed by atoms with van der Waals surface area (Å²) < 4.78 is 15.1. The van der Waals surface area contributed by atoms with Crippen LogP contribution < -0.4 is 5.32 Å². The van der Waals surface area contributed by atoms with Crippen LogP contribution >= 0.6 is 0 Å². The van der Waals surface area contributed by atoms with Gasteiger partial charge in [-0.3, -0.25) is 4.89 Å². The number of carbonyl (C=O) groups excluding carboxylic acids is 2. The van der Waals surface area contributed by atoms with Crippen molar-refractivity contribution >= 4 is 12.2 Å².